The summed E-state index contributed by atoms with van der Waals surface area (Å²) < 4.78 is 52.0. The molecule has 1 amide bonds. The molecule has 0 bridgehead atoms. The molecule has 34 heavy (non-hydrogen) atoms. The highest BCUT2D eigenvalue weighted by molar-refractivity contribution is 7.89. The first-order valence-electron chi connectivity index (χ1n) is 10.6. The van der Waals surface area contributed by atoms with E-state index < -0.39 is 21.7 Å². The van der Waals surface area contributed by atoms with Crippen LogP contribution in [0.4, 0.5) is 10.1 Å². The third-order valence-electron chi connectivity index (χ3n) is 5.77. The van der Waals surface area contributed by atoms with Gasteiger partial charge in [-0.3, -0.25) is 4.79 Å². The van der Waals surface area contributed by atoms with Crippen molar-refractivity contribution in [2.24, 2.45) is 0 Å². The maximum Gasteiger partial charge on any atom is 0.286 e. The summed E-state index contributed by atoms with van der Waals surface area (Å²) >= 11 is 1.13. The number of hydrogen-bond acceptors (Lipinski definition) is 8. The quantitative estimate of drug-likeness (QED) is 0.566. The Balaban J connectivity index is 1.30. The molecule has 5 rings (SSSR count). The van der Waals surface area contributed by atoms with Crippen molar-refractivity contribution in [3.8, 4) is 11.5 Å². The Morgan fingerprint density at radius 2 is 2.00 bits per heavy atom. The molecule has 1 fully saturated rings. The molecule has 1 aromatic heterocycles. The molecule has 178 valence electrons. The maximum atomic E-state index is 13.7. The number of ether oxygens (including phenoxy) is 2. The molecule has 0 saturated carbocycles. The fourth-order valence-electron chi connectivity index (χ4n) is 4.00. The van der Waals surface area contributed by atoms with Gasteiger partial charge in [0.2, 0.25) is 21.8 Å². The first-order chi connectivity index (χ1) is 16.3. The van der Waals surface area contributed by atoms with Crippen LogP contribution < -0.4 is 14.8 Å². The van der Waals surface area contributed by atoms with Crippen LogP contribution in [-0.4, -0.2) is 48.7 Å². The Hall–Kier alpha value is -3.09. The molecule has 2 aromatic carbocycles. The number of aryl methyl sites for hydroxylation is 1. The van der Waals surface area contributed by atoms with E-state index in [1.807, 2.05) is 0 Å². The van der Waals surface area contributed by atoms with Gasteiger partial charge in [0.1, 0.15) is 10.8 Å². The lowest BCUT2D eigenvalue weighted by Crippen LogP contribution is -2.39. The third-order valence-corrected chi connectivity index (χ3v) is 8.86. The number of aromatic nitrogens is 2. The van der Waals surface area contributed by atoms with Crippen LogP contribution in [-0.2, 0) is 10.0 Å². The second-order valence-electron chi connectivity index (χ2n) is 8.08. The Bertz CT molecular complexity index is 1360. The number of benzene rings is 2. The standard InChI is InChI=1S/C22H21FN4O5S2/c1-13-4-5-15(23)9-19(13)34(29,30)27-8-2-3-14(11-27)21-25-26-22(33-21)20(28)24-16-6-7-17-18(10-16)32-12-31-17/h4-7,9-10,14H,2-3,8,11-12H2,1H3,(H,24,28)/t14-/m1/s1. The monoisotopic (exact) mass is 504 g/mol. The second kappa shape index (κ2) is 8.93. The van der Waals surface area contributed by atoms with Gasteiger partial charge in [0.15, 0.2) is 11.5 Å². The van der Waals surface area contributed by atoms with E-state index >= 15 is 0 Å². The van der Waals surface area contributed by atoms with Gasteiger partial charge in [0.05, 0.1) is 4.90 Å². The molecule has 2 aliphatic rings. The number of carbonyl (C=O) groups excluding carboxylic acids is 1. The molecule has 0 unspecified atom stereocenters. The Kier molecular flexibility index (Phi) is 5.96. The van der Waals surface area contributed by atoms with E-state index in [0.717, 1.165) is 17.4 Å². The predicted molar refractivity (Wildman–Crippen MR) is 122 cm³/mol. The molecule has 9 nitrogen and oxygen atoms in total. The van der Waals surface area contributed by atoms with Gasteiger partial charge in [-0.05, 0) is 49.6 Å². The van der Waals surface area contributed by atoms with Crippen molar-refractivity contribution < 1.29 is 27.1 Å². The zero-order valence-corrected chi connectivity index (χ0v) is 19.8. The zero-order valence-electron chi connectivity index (χ0n) is 18.2. The Morgan fingerprint density at radius 1 is 1.18 bits per heavy atom. The van der Waals surface area contributed by atoms with Gasteiger partial charge in [-0.25, -0.2) is 12.8 Å². The largest absolute Gasteiger partial charge is 0.454 e. The van der Waals surface area contributed by atoms with Crippen LogP contribution in [0.15, 0.2) is 41.3 Å². The van der Waals surface area contributed by atoms with Crippen LogP contribution in [0.25, 0.3) is 0 Å². The summed E-state index contributed by atoms with van der Waals surface area (Å²) in [6, 6.07) is 8.83. The molecule has 3 heterocycles. The molecule has 0 radical (unpaired) electrons. The first-order valence-corrected chi connectivity index (χ1v) is 12.9. The average Bonchev–Trinajstić information content (AvgIpc) is 3.50. The molecule has 12 heteroatoms. The van der Waals surface area contributed by atoms with Gasteiger partial charge in [0, 0.05) is 30.8 Å². The van der Waals surface area contributed by atoms with Crippen molar-refractivity contribution in [2.75, 3.05) is 25.2 Å². The van der Waals surface area contributed by atoms with Gasteiger partial charge < -0.3 is 14.8 Å². The highest BCUT2D eigenvalue weighted by Gasteiger charge is 2.34. The van der Waals surface area contributed by atoms with E-state index in [0.29, 0.717) is 47.1 Å². The SMILES string of the molecule is Cc1ccc(F)cc1S(=O)(=O)N1CCC[C@@H](c2nnc(C(=O)Nc3ccc4c(c3)OCO4)s2)C1. The van der Waals surface area contributed by atoms with E-state index in [9.17, 15) is 17.6 Å². The van der Waals surface area contributed by atoms with Crippen LogP contribution in [0.1, 0.15) is 39.1 Å². The predicted octanol–water partition coefficient (Wildman–Crippen LogP) is 3.53. The summed E-state index contributed by atoms with van der Waals surface area (Å²) in [4.78, 5) is 12.6. The number of fused-ring (bicyclic) bond motifs is 1. The summed E-state index contributed by atoms with van der Waals surface area (Å²) in [6.07, 6.45) is 1.34. The van der Waals surface area contributed by atoms with Gasteiger partial charge in [-0.15, -0.1) is 10.2 Å². The minimum atomic E-state index is -3.86. The molecule has 0 spiro atoms. The lowest BCUT2D eigenvalue weighted by atomic mass is 10.0. The molecular weight excluding hydrogens is 483 g/mol. The number of amides is 1. The summed E-state index contributed by atoms with van der Waals surface area (Å²) in [7, 11) is -3.86. The maximum absolute atomic E-state index is 13.7. The first kappa shape index (κ1) is 22.7. The van der Waals surface area contributed by atoms with Gasteiger partial charge in [-0.1, -0.05) is 17.4 Å². The number of carbonyl (C=O) groups is 1. The lowest BCUT2D eigenvalue weighted by molar-refractivity contribution is 0.102. The molecule has 3 aromatic rings. The number of halogens is 1. The molecular formula is C22H21FN4O5S2. The average molecular weight is 505 g/mol. The number of anilines is 1. The number of nitrogens with zero attached hydrogens (tertiary/aromatic N) is 3. The van der Waals surface area contributed by atoms with Crippen LogP contribution in [0.3, 0.4) is 0 Å². The fourth-order valence-corrected chi connectivity index (χ4v) is 6.63. The normalized spacial score (nSPS) is 18.1. The van der Waals surface area contributed by atoms with E-state index in [1.165, 1.54) is 16.4 Å². The zero-order chi connectivity index (χ0) is 23.9. The molecule has 1 saturated heterocycles. The topological polar surface area (TPSA) is 111 Å². The number of nitrogens with one attached hydrogen (secondary N) is 1. The molecule has 1 atom stereocenters. The second-order valence-corrected chi connectivity index (χ2v) is 11.0. The number of rotatable bonds is 5. The number of piperidine rings is 1. The minimum absolute atomic E-state index is 0.0331. The van der Waals surface area contributed by atoms with Crippen LogP contribution in [0.5, 0.6) is 11.5 Å². The third kappa shape index (κ3) is 4.36. The molecule has 2 aliphatic heterocycles. The van der Waals surface area contributed by atoms with E-state index in [-0.39, 0.29) is 29.2 Å². The lowest BCUT2D eigenvalue weighted by Gasteiger charge is -2.31. The minimum Gasteiger partial charge on any atom is -0.454 e. The fraction of sp³-hybridized carbons (Fsp3) is 0.318. The van der Waals surface area contributed by atoms with E-state index in [4.69, 9.17) is 9.47 Å². The smallest absolute Gasteiger partial charge is 0.286 e. The van der Waals surface area contributed by atoms with Crippen molar-refractivity contribution in [1.29, 1.82) is 0 Å². The summed E-state index contributed by atoms with van der Waals surface area (Å²) in [5.41, 5.74) is 1.02. The van der Waals surface area contributed by atoms with E-state index in [1.54, 1.807) is 25.1 Å². The molecule has 0 aliphatic carbocycles. The van der Waals surface area contributed by atoms with Crippen molar-refractivity contribution in [2.45, 2.75) is 30.6 Å². The molecule has 1 N–H and O–H groups in total. The number of hydrogen-bond donors (Lipinski definition) is 1. The summed E-state index contributed by atoms with van der Waals surface area (Å²) in [5.74, 6) is -0.0607. The summed E-state index contributed by atoms with van der Waals surface area (Å²) in [6.45, 7) is 2.31. The summed E-state index contributed by atoms with van der Waals surface area (Å²) in [5, 5.41) is 11.7. The Labute approximate surface area is 199 Å². The van der Waals surface area contributed by atoms with E-state index in [2.05, 4.69) is 15.5 Å². The van der Waals surface area contributed by atoms with Crippen LogP contribution in [0.2, 0.25) is 0 Å². The highest BCUT2D eigenvalue weighted by Crippen LogP contribution is 2.35. The van der Waals surface area contributed by atoms with Crippen LogP contribution in [0, 0.1) is 12.7 Å². The van der Waals surface area contributed by atoms with Gasteiger partial charge >= 0.3 is 0 Å². The van der Waals surface area contributed by atoms with Gasteiger partial charge in [0.25, 0.3) is 5.91 Å². The van der Waals surface area contributed by atoms with Crippen molar-refractivity contribution in [3.63, 3.8) is 0 Å². The van der Waals surface area contributed by atoms with Crippen molar-refractivity contribution in [3.05, 3.63) is 57.8 Å². The van der Waals surface area contributed by atoms with Crippen molar-refractivity contribution in [1.82, 2.24) is 14.5 Å². The highest BCUT2D eigenvalue weighted by atomic mass is 32.2. The van der Waals surface area contributed by atoms with Crippen molar-refractivity contribution >= 4 is 33.0 Å². The Morgan fingerprint density at radius 3 is 2.85 bits per heavy atom. The van der Waals surface area contributed by atoms with Crippen LogP contribution >= 0.6 is 11.3 Å². The number of sulfonamides is 1. The van der Waals surface area contributed by atoms with Gasteiger partial charge in [-0.2, -0.15) is 4.31 Å².